The predicted molar refractivity (Wildman–Crippen MR) is 76.5 cm³/mol. The molecule has 2 aromatic rings. The normalized spacial score (nSPS) is 10.4. The minimum atomic E-state index is -1.48. The average molecular weight is 307 g/mol. The summed E-state index contributed by atoms with van der Waals surface area (Å²) in [5.74, 6) is -1.99. The molecule has 0 atom stereocenters. The van der Waals surface area contributed by atoms with Crippen LogP contribution < -0.4 is 5.43 Å². The molecule has 7 heteroatoms. The SMILES string of the molecule is CC(=O)c1c(C)n(-c2ccc(Cl)cc2)nc(C(=O)O)c1=O. The van der Waals surface area contributed by atoms with Gasteiger partial charge in [-0.15, -0.1) is 0 Å². The smallest absolute Gasteiger partial charge is 0.360 e. The Morgan fingerprint density at radius 2 is 1.81 bits per heavy atom. The molecule has 0 bridgehead atoms. The van der Waals surface area contributed by atoms with Gasteiger partial charge in [0.15, 0.2) is 5.78 Å². The molecule has 0 saturated heterocycles. The number of carbonyl (C=O) groups is 2. The predicted octanol–water partition coefficient (Wildman–Crippen LogP) is 2.10. The number of halogens is 1. The number of carbonyl (C=O) groups excluding carboxylic acids is 1. The quantitative estimate of drug-likeness (QED) is 0.877. The molecule has 0 aliphatic carbocycles. The van der Waals surface area contributed by atoms with Gasteiger partial charge in [-0.3, -0.25) is 9.59 Å². The van der Waals surface area contributed by atoms with Crippen molar-refractivity contribution < 1.29 is 14.7 Å². The fourth-order valence-corrected chi connectivity index (χ4v) is 2.12. The van der Waals surface area contributed by atoms with Gasteiger partial charge in [0.1, 0.15) is 0 Å². The molecule has 1 heterocycles. The molecule has 1 N–H and O–H groups in total. The van der Waals surface area contributed by atoms with E-state index < -0.39 is 22.9 Å². The lowest BCUT2D eigenvalue weighted by molar-refractivity contribution is 0.0686. The van der Waals surface area contributed by atoms with Crippen molar-refractivity contribution in [1.29, 1.82) is 0 Å². The molecule has 2 rings (SSSR count). The number of hydrogen-bond donors (Lipinski definition) is 1. The van der Waals surface area contributed by atoms with Gasteiger partial charge in [0.25, 0.3) is 0 Å². The number of ketones is 1. The molecular weight excluding hydrogens is 296 g/mol. The van der Waals surface area contributed by atoms with E-state index in [1.54, 1.807) is 24.3 Å². The number of nitrogens with zero attached hydrogens (tertiary/aromatic N) is 2. The third kappa shape index (κ3) is 2.71. The van der Waals surface area contributed by atoms with Crippen molar-refractivity contribution in [2.45, 2.75) is 13.8 Å². The second-order valence-electron chi connectivity index (χ2n) is 4.39. The average Bonchev–Trinajstić information content (AvgIpc) is 2.39. The molecule has 0 aliphatic heterocycles. The minimum absolute atomic E-state index is 0.183. The molecular formula is C14H11ClN2O4. The van der Waals surface area contributed by atoms with E-state index >= 15 is 0 Å². The highest BCUT2D eigenvalue weighted by atomic mass is 35.5. The molecule has 0 unspecified atom stereocenters. The van der Waals surface area contributed by atoms with Gasteiger partial charge in [0, 0.05) is 5.02 Å². The van der Waals surface area contributed by atoms with Gasteiger partial charge < -0.3 is 5.11 Å². The van der Waals surface area contributed by atoms with Crippen LogP contribution >= 0.6 is 11.6 Å². The van der Waals surface area contributed by atoms with Gasteiger partial charge in [-0.25, -0.2) is 9.48 Å². The highest BCUT2D eigenvalue weighted by Gasteiger charge is 2.22. The molecule has 0 amide bonds. The van der Waals surface area contributed by atoms with Gasteiger partial charge in [-0.2, -0.15) is 5.10 Å². The Bertz CT molecular complexity index is 794. The van der Waals surface area contributed by atoms with E-state index in [1.165, 1.54) is 18.5 Å². The maximum absolute atomic E-state index is 12.0. The molecule has 21 heavy (non-hydrogen) atoms. The summed E-state index contributed by atoms with van der Waals surface area (Å²) in [5.41, 5.74) is -0.975. The molecule has 1 aromatic carbocycles. The Hall–Kier alpha value is -2.47. The highest BCUT2D eigenvalue weighted by molar-refractivity contribution is 6.30. The van der Waals surface area contributed by atoms with Gasteiger partial charge in [-0.05, 0) is 38.1 Å². The number of aromatic carboxylic acids is 1. The second kappa shape index (κ2) is 5.49. The van der Waals surface area contributed by atoms with Crippen LogP contribution in [0.15, 0.2) is 29.1 Å². The van der Waals surface area contributed by atoms with Crippen LogP contribution in [0.5, 0.6) is 0 Å². The van der Waals surface area contributed by atoms with Crippen LogP contribution in [0.3, 0.4) is 0 Å². The zero-order valence-electron chi connectivity index (χ0n) is 11.3. The van der Waals surface area contributed by atoms with Crippen molar-refractivity contribution in [3.8, 4) is 5.69 Å². The summed E-state index contributed by atoms with van der Waals surface area (Å²) < 4.78 is 1.25. The van der Waals surface area contributed by atoms with E-state index in [4.69, 9.17) is 16.7 Å². The molecule has 0 aliphatic rings. The minimum Gasteiger partial charge on any atom is -0.476 e. The summed E-state index contributed by atoms with van der Waals surface area (Å²) >= 11 is 5.80. The Labute approximate surface area is 124 Å². The zero-order valence-corrected chi connectivity index (χ0v) is 12.0. The third-order valence-corrected chi connectivity index (χ3v) is 3.20. The lowest BCUT2D eigenvalue weighted by Gasteiger charge is -2.13. The number of hydrogen-bond acceptors (Lipinski definition) is 4. The molecule has 0 spiro atoms. The maximum atomic E-state index is 12.0. The Morgan fingerprint density at radius 3 is 2.29 bits per heavy atom. The number of carboxylic acid groups (broad SMARTS) is 1. The first-order valence-electron chi connectivity index (χ1n) is 5.97. The lowest BCUT2D eigenvalue weighted by atomic mass is 10.1. The summed E-state index contributed by atoms with van der Waals surface area (Å²) in [6.45, 7) is 2.74. The zero-order chi connectivity index (χ0) is 15.7. The summed E-state index contributed by atoms with van der Waals surface area (Å²) in [5, 5.41) is 13.4. The van der Waals surface area contributed by atoms with Gasteiger partial charge in [-0.1, -0.05) is 11.6 Å². The van der Waals surface area contributed by atoms with Crippen LogP contribution in [0.25, 0.3) is 5.69 Å². The topological polar surface area (TPSA) is 89.3 Å². The largest absolute Gasteiger partial charge is 0.476 e. The Kier molecular flexibility index (Phi) is 3.90. The van der Waals surface area contributed by atoms with Crippen LogP contribution in [0, 0.1) is 6.92 Å². The van der Waals surface area contributed by atoms with Gasteiger partial charge in [0.2, 0.25) is 11.1 Å². The molecule has 0 fully saturated rings. The number of carboxylic acids is 1. The summed E-state index contributed by atoms with van der Waals surface area (Å²) in [4.78, 5) is 34.8. The van der Waals surface area contributed by atoms with Gasteiger partial charge >= 0.3 is 5.97 Å². The van der Waals surface area contributed by atoms with Crippen LogP contribution in [0.2, 0.25) is 5.02 Å². The van der Waals surface area contributed by atoms with Crippen LogP contribution in [-0.4, -0.2) is 26.6 Å². The van der Waals surface area contributed by atoms with E-state index in [2.05, 4.69) is 5.10 Å². The van der Waals surface area contributed by atoms with E-state index in [1.807, 2.05) is 0 Å². The number of benzene rings is 1. The molecule has 1 aromatic heterocycles. The third-order valence-electron chi connectivity index (χ3n) is 2.95. The van der Waals surface area contributed by atoms with E-state index in [0.717, 1.165) is 0 Å². The van der Waals surface area contributed by atoms with Gasteiger partial charge in [0.05, 0.1) is 16.9 Å². The second-order valence-corrected chi connectivity index (χ2v) is 4.82. The van der Waals surface area contributed by atoms with Crippen molar-refractivity contribution in [1.82, 2.24) is 9.78 Å². The highest BCUT2D eigenvalue weighted by Crippen LogP contribution is 2.15. The summed E-state index contributed by atoms with van der Waals surface area (Å²) in [6, 6.07) is 6.43. The Morgan fingerprint density at radius 1 is 1.24 bits per heavy atom. The molecule has 0 saturated carbocycles. The van der Waals surface area contributed by atoms with Crippen molar-refractivity contribution >= 4 is 23.4 Å². The number of Topliss-reactive ketones (excluding diaryl/α,β-unsaturated/α-hetero) is 1. The molecule has 0 radical (unpaired) electrons. The van der Waals surface area contributed by atoms with Crippen molar-refractivity contribution in [3.63, 3.8) is 0 Å². The van der Waals surface area contributed by atoms with Crippen LogP contribution in [0.4, 0.5) is 0 Å². The fraction of sp³-hybridized carbons (Fsp3) is 0.143. The van der Waals surface area contributed by atoms with E-state index in [9.17, 15) is 14.4 Å². The van der Waals surface area contributed by atoms with Crippen LogP contribution in [-0.2, 0) is 0 Å². The van der Waals surface area contributed by atoms with Crippen molar-refractivity contribution in [2.24, 2.45) is 0 Å². The summed E-state index contributed by atoms with van der Waals surface area (Å²) in [6.07, 6.45) is 0. The monoisotopic (exact) mass is 306 g/mol. The van der Waals surface area contributed by atoms with Crippen LogP contribution in [0.1, 0.15) is 33.5 Å². The summed E-state index contributed by atoms with van der Waals surface area (Å²) in [7, 11) is 0. The van der Waals surface area contributed by atoms with Crippen molar-refractivity contribution in [3.05, 3.63) is 56.5 Å². The molecule has 108 valence electrons. The maximum Gasteiger partial charge on any atom is 0.360 e. The first-order chi connectivity index (χ1) is 9.82. The van der Waals surface area contributed by atoms with E-state index in [-0.39, 0.29) is 11.3 Å². The number of rotatable bonds is 3. The first-order valence-corrected chi connectivity index (χ1v) is 6.35. The standard InChI is InChI=1S/C14H11ClN2O4/c1-7-11(8(2)18)13(19)12(14(20)21)16-17(7)10-5-3-9(15)4-6-10/h3-6H,1-2H3,(H,20,21). The fourth-order valence-electron chi connectivity index (χ4n) is 2.00. The van der Waals surface area contributed by atoms with E-state index in [0.29, 0.717) is 10.7 Å². The number of aromatic nitrogens is 2. The molecule has 6 nitrogen and oxygen atoms in total. The van der Waals surface area contributed by atoms with Crippen molar-refractivity contribution in [2.75, 3.05) is 0 Å². The first kappa shape index (κ1) is 14.9. The lowest BCUT2D eigenvalue weighted by Crippen LogP contribution is -2.29. The Balaban J connectivity index is 2.83.